The minimum atomic E-state index is -0.415. The first kappa shape index (κ1) is 14.0. The van der Waals surface area contributed by atoms with Crippen molar-refractivity contribution in [1.82, 2.24) is 14.7 Å². The summed E-state index contributed by atoms with van der Waals surface area (Å²) in [7, 11) is 3.33. The first-order chi connectivity index (χ1) is 8.54. The lowest BCUT2D eigenvalue weighted by atomic mass is 10.3. The molecule has 1 rings (SSSR count). The number of carbonyl (C=O) groups is 2. The molecule has 1 heterocycles. The predicted octanol–water partition coefficient (Wildman–Crippen LogP) is 0.455. The predicted molar refractivity (Wildman–Crippen MR) is 66.5 cm³/mol. The minimum Gasteiger partial charge on any atom is -0.465 e. The number of hydrogen-bond donors (Lipinski definition) is 0. The Bertz CT molecular complexity index is 451. The molecule has 6 nitrogen and oxygen atoms in total. The van der Waals surface area contributed by atoms with Crippen LogP contribution in [0.15, 0.2) is 18.3 Å². The Morgan fingerprint density at radius 2 is 2.28 bits per heavy atom. The van der Waals surface area contributed by atoms with Crippen LogP contribution in [-0.4, -0.2) is 46.8 Å². The van der Waals surface area contributed by atoms with E-state index in [2.05, 4.69) is 5.10 Å². The fourth-order valence-corrected chi connectivity index (χ4v) is 1.31. The Kier molecular flexibility index (Phi) is 5.10. The standard InChI is InChI=1S/C12H17N3O3/c1-4-18-12(17)9-14(2)11(16)6-5-10-7-8-13-15(10)3/h5-8H,4,9H2,1-3H3/b6-5+. The van der Waals surface area contributed by atoms with E-state index in [0.717, 1.165) is 5.69 Å². The largest absolute Gasteiger partial charge is 0.465 e. The molecule has 0 atom stereocenters. The van der Waals surface area contributed by atoms with Crippen molar-refractivity contribution < 1.29 is 14.3 Å². The van der Waals surface area contributed by atoms with E-state index < -0.39 is 5.97 Å². The van der Waals surface area contributed by atoms with E-state index in [4.69, 9.17) is 4.74 Å². The van der Waals surface area contributed by atoms with Crippen LogP contribution in [0.2, 0.25) is 0 Å². The van der Waals surface area contributed by atoms with Crippen LogP contribution in [-0.2, 0) is 21.4 Å². The molecule has 0 N–H and O–H groups in total. The number of esters is 1. The summed E-state index contributed by atoms with van der Waals surface area (Å²) < 4.78 is 6.41. The highest BCUT2D eigenvalue weighted by molar-refractivity contribution is 5.93. The van der Waals surface area contributed by atoms with Crippen LogP contribution in [0.4, 0.5) is 0 Å². The van der Waals surface area contributed by atoms with Crippen molar-refractivity contribution in [3.63, 3.8) is 0 Å². The Morgan fingerprint density at radius 1 is 1.56 bits per heavy atom. The van der Waals surface area contributed by atoms with Crippen molar-refractivity contribution in [2.24, 2.45) is 7.05 Å². The van der Waals surface area contributed by atoms with Gasteiger partial charge < -0.3 is 9.64 Å². The van der Waals surface area contributed by atoms with E-state index in [0.29, 0.717) is 6.61 Å². The third-order valence-corrected chi connectivity index (χ3v) is 2.30. The van der Waals surface area contributed by atoms with E-state index in [1.165, 1.54) is 11.0 Å². The molecule has 0 fully saturated rings. The average molecular weight is 251 g/mol. The summed E-state index contributed by atoms with van der Waals surface area (Å²) in [4.78, 5) is 24.2. The Morgan fingerprint density at radius 3 is 2.83 bits per heavy atom. The van der Waals surface area contributed by atoms with Gasteiger partial charge in [-0.3, -0.25) is 14.3 Å². The SMILES string of the molecule is CCOC(=O)CN(C)C(=O)/C=C/c1ccnn1C. The molecule has 0 bridgehead atoms. The highest BCUT2D eigenvalue weighted by atomic mass is 16.5. The monoisotopic (exact) mass is 251 g/mol. The number of nitrogens with zero attached hydrogens (tertiary/aromatic N) is 3. The van der Waals surface area contributed by atoms with Crippen LogP contribution in [0.25, 0.3) is 6.08 Å². The molecule has 0 aliphatic rings. The third-order valence-electron chi connectivity index (χ3n) is 2.30. The van der Waals surface area contributed by atoms with Gasteiger partial charge in [-0.05, 0) is 19.1 Å². The molecular formula is C12H17N3O3. The van der Waals surface area contributed by atoms with Crippen LogP contribution in [0, 0.1) is 0 Å². The van der Waals surface area contributed by atoms with E-state index >= 15 is 0 Å². The zero-order valence-electron chi connectivity index (χ0n) is 10.8. The molecule has 0 aliphatic heterocycles. The molecule has 0 aliphatic carbocycles. The first-order valence-electron chi connectivity index (χ1n) is 5.61. The number of likely N-dealkylation sites (N-methyl/N-ethyl adjacent to an activating group) is 1. The topological polar surface area (TPSA) is 64.4 Å². The molecule has 6 heteroatoms. The smallest absolute Gasteiger partial charge is 0.325 e. The molecule has 0 radical (unpaired) electrons. The molecule has 0 spiro atoms. The zero-order chi connectivity index (χ0) is 13.5. The number of ether oxygens (including phenoxy) is 1. The highest BCUT2D eigenvalue weighted by Crippen LogP contribution is 2.00. The van der Waals surface area contributed by atoms with Crippen molar-refractivity contribution >= 4 is 18.0 Å². The second-order valence-corrected chi connectivity index (χ2v) is 3.71. The van der Waals surface area contributed by atoms with Gasteiger partial charge in [0.25, 0.3) is 0 Å². The maximum atomic E-state index is 11.7. The summed E-state index contributed by atoms with van der Waals surface area (Å²) in [5.74, 6) is -0.675. The van der Waals surface area contributed by atoms with Crippen LogP contribution >= 0.6 is 0 Å². The molecular weight excluding hydrogens is 234 g/mol. The molecule has 1 amide bonds. The van der Waals surface area contributed by atoms with Crippen LogP contribution in [0.3, 0.4) is 0 Å². The van der Waals surface area contributed by atoms with Crippen molar-refractivity contribution in [2.45, 2.75) is 6.92 Å². The summed E-state index contributed by atoms with van der Waals surface area (Å²) in [6.45, 7) is 1.98. The number of rotatable bonds is 5. The van der Waals surface area contributed by atoms with Gasteiger partial charge in [0.05, 0.1) is 12.3 Å². The van der Waals surface area contributed by atoms with Gasteiger partial charge in [-0.2, -0.15) is 5.10 Å². The second kappa shape index (κ2) is 6.58. The summed E-state index contributed by atoms with van der Waals surface area (Å²) in [5, 5.41) is 3.98. The van der Waals surface area contributed by atoms with Gasteiger partial charge >= 0.3 is 5.97 Å². The van der Waals surface area contributed by atoms with E-state index in [1.807, 2.05) is 0 Å². The highest BCUT2D eigenvalue weighted by Gasteiger charge is 2.10. The van der Waals surface area contributed by atoms with Gasteiger partial charge in [0.15, 0.2) is 0 Å². The Balaban J connectivity index is 2.52. The van der Waals surface area contributed by atoms with Crippen molar-refractivity contribution in [1.29, 1.82) is 0 Å². The minimum absolute atomic E-state index is 0.0532. The molecule has 1 aromatic heterocycles. The lowest BCUT2D eigenvalue weighted by Gasteiger charge is -2.13. The summed E-state index contributed by atoms with van der Waals surface area (Å²) >= 11 is 0. The number of aryl methyl sites for hydroxylation is 1. The van der Waals surface area contributed by atoms with E-state index in [1.54, 1.807) is 44.0 Å². The lowest BCUT2D eigenvalue weighted by Crippen LogP contribution is -2.31. The Labute approximate surface area is 106 Å². The number of carbonyl (C=O) groups excluding carboxylic acids is 2. The van der Waals surface area contributed by atoms with Crippen molar-refractivity contribution in [3.05, 3.63) is 24.0 Å². The molecule has 0 aromatic carbocycles. The van der Waals surface area contributed by atoms with Crippen LogP contribution < -0.4 is 0 Å². The maximum Gasteiger partial charge on any atom is 0.325 e. The van der Waals surface area contributed by atoms with Crippen molar-refractivity contribution in [2.75, 3.05) is 20.2 Å². The number of aromatic nitrogens is 2. The molecule has 18 heavy (non-hydrogen) atoms. The zero-order valence-corrected chi connectivity index (χ0v) is 10.8. The Hall–Kier alpha value is -2.11. The average Bonchev–Trinajstić information content (AvgIpc) is 2.72. The first-order valence-corrected chi connectivity index (χ1v) is 5.61. The van der Waals surface area contributed by atoms with E-state index in [9.17, 15) is 9.59 Å². The van der Waals surface area contributed by atoms with E-state index in [-0.39, 0.29) is 12.5 Å². The summed E-state index contributed by atoms with van der Waals surface area (Å²) in [6.07, 6.45) is 4.69. The third kappa shape index (κ3) is 4.04. The fraction of sp³-hybridized carbons (Fsp3) is 0.417. The fourth-order valence-electron chi connectivity index (χ4n) is 1.31. The van der Waals surface area contributed by atoms with Gasteiger partial charge in [0.1, 0.15) is 6.54 Å². The molecule has 98 valence electrons. The second-order valence-electron chi connectivity index (χ2n) is 3.71. The van der Waals surface area contributed by atoms with Gasteiger partial charge in [0.2, 0.25) is 5.91 Å². The van der Waals surface area contributed by atoms with Crippen molar-refractivity contribution in [3.8, 4) is 0 Å². The number of amides is 1. The molecule has 1 aromatic rings. The molecule has 0 saturated carbocycles. The van der Waals surface area contributed by atoms with Gasteiger partial charge in [-0.25, -0.2) is 0 Å². The lowest BCUT2D eigenvalue weighted by molar-refractivity contribution is -0.146. The quantitative estimate of drug-likeness (QED) is 0.563. The van der Waals surface area contributed by atoms with Gasteiger partial charge in [0, 0.05) is 26.4 Å². The van der Waals surface area contributed by atoms with Crippen LogP contribution in [0.5, 0.6) is 0 Å². The summed E-state index contributed by atoms with van der Waals surface area (Å²) in [5.41, 5.74) is 0.813. The van der Waals surface area contributed by atoms with Gasteiger partial charge in [-0.1, -0.05) is 0 Å². The normalized spacial score (nSPS) is 10.6. The van der Waals surface area contributed by atoms with Gasteiger partial charge in [-0.15, -0.1) is 0 Å². The molecule has 0 saturated heterocycles. The van der Waals surface area contributed by atoms with Crippen LogP contribution in [0.1, 0.15) is 12.6 Å². The summed E-state index contributed by atoms with van der Waals surface area (Å²) in [6, 6.07) is 1.79. The molecule has 0 unspecified atom stereocenters. The number of hydrogen-bond acceptors (Lipinski definition) is 4. The maximum absolute atomic E-state index is 11.7.